The molecule has 1 rings (SSSR count). The maximum atomic E-state index is 9.28. The van der Waals surface area contributed by atoms with Crippen LogP contribution in [0.25, 0.3) is 0 Å². The van der Waals surface area contributed by atoms with Gasteiger partial charge in [-0.05, 0) is 18.8 Å². The molecule has 3 heteroatoms. The Morgan fingerprint density at radius 1 is 1.54 bits per heavy atom. The van der Waals surface area contributed by atoms with Gasteiger partial charge in [-0.2, -0.15) is 0 Å². The molecule has 0 amide bonds. The monoisotopic (exact) mass is 250 g/mol. The zero-order valence-corrected chi connectivity index (χ0v) is 9.79. The van der Waals surface area contributed by atoms with Crippen molar-refractivity contribution in [1.29, 1.82) is 0 Å². The van der Waals surface area contributed by atoms with Crippen LogP contribution < -0.4 is 0 Å². The smallest absolute Gasteiger partial charge is 0.0870 e. The predicted octanol–water partition coefficient (Wildman–Crippen LogP) is 2.34. The zero-order chi connectivity index (χ0) is 9.68. The quantitative estimate of drug-likeness (QED) is 0.777. The second kappa shape index (κ2) is 5.99. The molecule has 78 valence electrons. The molecule has 0 aromatic rings. The van der Waals surface area contributed by atoms with E-state index < -0.39 is 0 Å². The Morgan fingerprint density at radius 2 is 2.31 bits per heavy atom. The Bertz CT molecular complexity index is 141. The Hall–Kier alpha value is 0.400. The van der Waals surface area contributed by atoms with Crippen LogP contribution in [0.1, 0.15) is 32.6 Å². The first kappa shape index (κ1) is 11.5. The second-order valence-corrected chi connectivity index (χ2v) is 4.68. The lowest BCUT2D eigenvalue weighted by Crippen LogP contribution is -2.26. The summed E-state index contributed by atoms with van der Waals surface area (Å²) in [6.45, 7) is 2.75. The second-order valence-electron chi connectivity index (χ2n) is 4.04. The minimum Gasteiger partial charge on any atom is -0.390 e. The zero-order valence-electron chi connectivity index (χ0n) is 8.21. The fourth-order valence-corrected chi connectivity index (χ4v) is 2.01. The van der Waals surface area contributed by atoms with E-state index in [-0.39, 0.29) is 6.10 Å². The molecule has 0 bridgehead atoms. The van der Waals surface area contributed by atoms with Crippen molar-refractivity contribution in [2.24, 2.45) is 5.92 Å². The van der Waals surface area contributed by atoms with E-state index in [9.17, 15) is 5.11 Å². The van der Waals surface area contributed by atoms with Gasteiger partial charge in [-0.25, -0.2) is 0 Å². The largest absolute Gasteiger partial charge is 0.390 e. The van der Waals surface area contributed by atoms with Crippen LogP contribution in [-0.2, 0) is 4.74 Å². The number of aliphatic hydroxyl groups excluding tert-OH is 1. The molecule has 0 spiro atoms. The summed E-state index contributed by atoms with van der Waals surface area (Å²) in [5, 5.41) is 9.89. The minimum absolute atomic E-state index is 0.350. The normalized spacial score (nSPS) is 31.6. The SMILES string of the molecule is CC1CCCC(OCC(O)CBr)C1. The number of aliphatic hydroxyl groups is 1. The molecule has 3 unspecified atom stereocenters. The third-order valence-electron chi connectivity index (χ3n) is 2.59. The fourth-order valence-electron chi connectivity index (χ4n) is 1.82. The van der Waals surface area contributed by atoms with Crippen molar-refractivity contribution in [2.75, 3.05) is 11.9 Å². The van der Waals surface area contributed by atoms with Gasteiger partial charge in [-0.15, -0.1) is 0 Å². The molecule has 1 aliphatic carbocycles. The summed E-state index contributed by atoms with van der Waals surface area (Å²) in [6, 6.07) is 0. The summed E-state index contributed by atoms with van der Waals surface area (Å²) in [7, 11) is 0. The summed E-state index contributed by atoms with van der Waals surface area (Å²) >= 11 is 3.22. The molecule has 0 heterocycles. The van der Waals surface area contributed by atoms with E-state index in [0.29, 0.717) is 18.0 Å². The van der Waals surface area contributed by atoms with Crippen LogP contribution in [0.15, 0.2) is 0 Å². The molecule has 1 aliphatic rings. The number of hydrogen-bond acceptors (Lipinski definition) is 2. The molecule has 0 saturated heterocycles. The summed E-state index contributed by atoms with van der Waals surface area (Å²) in [5.41, 5.74) is 0. The average Bonchev–Trinajstić information content (AvgIpc) is 2.14. The van der Waals surface area contributed by atoms with Gasteiger partial charge in [-0.3, -0.25) is 0 Å². The molecule has 0 radical (unpaired) electrons. The van der Waals surface area contributed by atoms with Crippen LogP contribution in [-0.4, -0.2) is 29.3 Å². The van der Waals surface area contributed by atoms with Crippen molar-refractivity contribution in [3.63, 3.8) is 0 Å². The lowest BCUT2D eigenvalue weighted by molar-refractivity contribution is -0.0244. The van der Waals surface area contributed by atoms with E-state index in [0.717, 1.165) is 12.3 Å². The van der Waals surface area contributed by atoms with Gasteiger partial charge in [0.2, 0.25) is 0 Å². The van der Waals surface area contributed by atoms with Crippen molar-refractivity contribution in [3.8, 4) is 0 Å². The topological polar surface area (TPSA) is 29.5 Å². The highest BCUT2D eigenvalue weighted by Crippen LogP contribution is 2.25. The molecular weight excluding hydrogens is 232 g/mol. The number of hydrogen-bond donors (Lipinski definition) is 1. The summed E-state index contributed by atoms with van der Waals surface area (Å²) < 4.78 is 5.63. The highest BCUT2D eigenvalue weighted by molar-refractivity contribution is 9.09. The van der Waals surface area contributed by atoms with Crippen molar-refractivity contribution in [1.82, 2.24) is 0 Å². The van der Waals surface area contributed by atoms with Crippen LogP contribution in [0.5, 0.6) is 0 Å². The summed E-state index contributed by atoms with van der Waals surface area (Å²) in [4.78, 5) is 0. The number of alkyl halides is 1. The standard InChI is InChI=1S/C10H19BrO2/c1-8-3-2-4-10(5-8)13-7-9(12)6-11/h8-10,12H,2-7H2,1H3. The molecule has 1 fully saturated rings. The first-order valence-electron chi connectivity index (χ1n) is 5.08. The van der Waals surface area contributed by atoms with E-state index >= 15 is 0 Å². The average molecular weight is 251 g/mol. The van der Waals surface area contributed by atoms with Gasteiger partial charge in [0.05, 0.1) is 18.8 Å². The van der Waals surface area contributed by atoms with Gasteiger partial charge in [0.1, 0.15) is 0 Å². The highest BCUT2D eigenvalue weighted by atomic mass is 79.9. The third kappa shape index (κ3) is 4.43. The van der Waals surface area contributed by atoms with Crippen LogP contribution in [0, 0.1) is 5.92 Å². The lowest BCUT2D eigenvalue weighted by atomic mass is 9.89. The van der Waals surface area contributed by atoms with Crippen LogP contribution in [0.2, 0.25) is 0 Å². The molecule has 0 aliphatic heterocycles. The highest BCUT2D eigenvalue weighted by Gasteiger charge is 2.19. The fraction of sp³-hybridized carbons (Fsp3) is 1.00. The molecule has 0 aromatic carbocycles. The van der Waals surface area contributed by atoms with Gasteiger partial charge >= 0.3 is 0 Å². The summed E-state index contributed by atoms with van der Waals surface area (Å²) in [5.74, 6) is 0.792. The van der Waals surface area contributed by atoms with E-state index in [1.54, 1.807) is 0 Å². The maximum absolute atomic E-state index is 9.28. The molecule has 1 N–H and O–H groups in total. The Kier molecular flexibility index (Phi) is 5.29. The van der Waals surface area contributed by atoms with Gasteiger partial charge in [0, 0.05) is 5.33 Å². The van der Waals surface area contributed by atoms with Crippen molar-refractivity contribution in [3.05, 3.63) is 0 Å². The van der Waals surface area contributed by atoms with Gasteiger partial charge in [0.25, 0.3) is 0 Å². The van der Waals surface area contributed by atoms with Crippen molar-refractivity contribution < 1.29 is 9.84 Å². The Morgan fingerprint density at radius 3 is 2.92 bits per heavy atom. The van der Waals surface area contributed by atoms with Gasteiger partial charge < -0.3 is 9.84 Å². The first-order valence-corrected chi connectivity index (χ1v) is 6.20. The Labute approximate surface area is 88.8 Å². The molecule has 2 nitrogen and oxygen atoms in total. The van der Waals surface area contributed by atoms with E-state index in [1.165, 1.54) is 19.3 Å². The van der Waals surface area contributed by atoms with Gasteiger partial charge in [-0.1, -0.05) is 35.7 Å². The van der Waals surface area contributed by atoms with E-state index in [2.05, 4.69) is 22.9 Å². The number of halogens is 1. The van der Waals surface area contributed by atoms with Crippen LogP contribution in [0.4, 0.5) is 0 Å². The minimum atomic E-state index is -0.350. The predicted molar refractivity (Wildman–Crippen MR) is 57.2 cm³/mol. The van der Waals surface area contributed by atoms with Crippen LogP contribution in [0.3, 0.4) is 0 Å². The van der Waals surface area contributed by atoms with Crippen molar-refractivity contribution >= 4 is 15.9 Å². The Balaban J connectivity index is 2.13. The van der Waals surface area contributed by atoms with Crippen molar-refractivity contribution in [2.45, 2.75) is 44.8 Å². The molecule has 1 saturated carbocycles. The van der Waals surface area contributed by atoms with E-state index in [4.69, 9.17) is 4.74 Å². The van der Waals surface area contributed by atoms with Gasteiger partial charge in [0.15, 0.2) is 0 Å². The van der Waals surface area contributed by atoms with E-state index in [1.807, 2.05) is 0 Å². The molecule has 0 aromatic heterocycles. The lowest BCUT2D eigenvalue weighted by Gasteiger charge is -2.27. The first-order chi connectivity index (χ1) is 6.22. The molecule has 3 atom stereocenters. The number of ether oxygens (including phenoxy) is 1. The molecule has 13 heavy (non-hydrogen) atoms. The number of rotatable bonds is 4. The maximum Gasteiger partial charge on any atom is 0.0870 e. The third-order valence-corrected chi connectivity index (χ3v) is 3.34. The van der Waals surface area contributed by atoms with Crippen LogP contribution >= 0.6 is 15.9 Å². The molecular formula is C10H19BrO2. The summed E-state index contributed by atoms with van der Waals surface area (Å²) in [6.07, 6.45) is 4.97.